The van der Waals surface area contributed by atoms with Crippen LogP contribution in [0.5, 0.6) is 11.5 Å². The molecule has 1 heterocycles. The maximum atomic E-state index is 14.6. The van der Waals surface area contributed by atoms with Gasteiger partial charge in [0.15, 0.2) is 0 Å². The van der Waals surface area contributed by atoms with Crippen molar-refractivity contribution >= 4 is 29.6 Å². The Bertz CT molecular complexity index is 1970. The molecule has 0 radical (unpaired) electrons. The number of carbonyl (C=O) groups is 5. The lowest BCUT2D eigenvalue weighted by atomic mass is 9.93. The number of aliphatic carboxylic acids is 1. The summed E-state index contributed by atoms with van der Waals surface area (Å²) in [5.74, 6) is -2.94. The molecular formula is C46H65N7O8. The van der Waals surface area contributed by atoms with Crippen molar-refractivity contribution in [1.82, 2.24) is 20.9 Å². The van der Waals surface area contributed by atoms with Gasteiger partial charge in [0, 0.05) is 43.2 Å². The molecule has 4 amide bonds. The Labute approximate surface area is 359 Å². The summed E-state index contributed by atoms with van der Waals surface area (Å²) in [6.45, 7) is 6.49. The number of ether oxygens (including phenoxy) is 2. The number of aryl methyl sites for hydroxylation is 2. The number of nitrogens with zero attached hydrogens (tertiary/aromatic N) is 1. The SMILES string of the molecule is CCCCCCCCc1ccc(C(=O)N[C@@H](CCCN)C(=O)N(C)[C@@H]2C(=O)N[C@@H](C)C(=O)N[C@H](C(=O)O)Cc3ccc(OCCN)c(c3)-c3cc2ccc3OCCN)c(C)c1. The maximum Gasteiger partial charge on any atom is 0.326 e. The van der Waals surface area contributed by atoms with E-state index in [4.69, 9.17) is 26.7 Å². The lowest BCUT2D eigenvalue weighted by Gasteiger charge is -2.32. The fraction of sp³-hybridized carbons (Fsp3) is 0.500. The van der Waals surface area contributed by atoms with Gasteiger partial charge in [0.2, 0.25) is 17.7 Å². The lowest BCUT2D eigenvalue weighted by Crippen LogP contribution is -2.54. The van der Waals surface area contributed by atoms with Crippen LogP contribution < -0.4 is 42.6 Å². The third kappa shape index (κ3) is 13.5. The van der Waals surface area contributed by atoms with Gasteiger partial charge in [-0.25, -0.2) is 4.79 Å². The minimum Gasteiger partial charge on any atom is -0.492 e. The molecule has 0 unspecified atom stereocenters. The monoisotopic (exact) mass is 843 g/mol. The number of nitrogens with two attached hydrogens (primary N) is 3. The molecule has 0 fully saturated rings. The van der Waals surface area contributed by atoms with Gasteiger partial charge >= 0.3 is 5.97 Å². The number of nitrogens with one attached hydrogen (secondary N) is 3. The van der Waals surface area contributed by atoms with E-state index in [0.717, 1.165) is 30.4 Å². The van der Waals surface area contributed by atoms with E-state index in [9.17, 15) is 29.1 Å². The quantitative estimate of drug-likeness (QED) is 0.0759. The molecule has 0 saturated heterocycles. The first-order chi connectivity index (χ1) is 29.3. The molecule has 0 aliphatic carbocycles. The Morgan fingerprint density at radius 2 is 1.49 bits per heavy atom. The van der Waals surface area contributed by atoms with Crippen molar-refractivity contribution in [2.75, 3.05) is 39.9 Å². The van der Waals surface area contributed by atoms with Crippen molar-refractivity contribution < 1.29 is 38.6 Å². The zero-order valence-corrected chi connectivity index (χ0v) is 36.1. The van der Waals surface area contributed by atoms with E-state index in [1.54, 1.807) is 42.5 Å². The van der Waals surface area contributed by atoms with Gasteiger partial charge in [0.1, 0.15) is 48.9 Å². The lowest BCUT2D eigenvalue weighted by molar-refractivity contribution is -0.143. The standard InChI is InChI=1S/C46H65N7O8/c1-5-6-7-8-9-10-12-31-14-17-34(29(2)25-31)43(55)51-37(13-11-20-47)45(57)53(4)41-33-16-19-40(61-24-22-49)36(28-33)35-26-32(15-18-39(35)60-23-21-48)27-38(46(58)59)52-42(54)30(3)50-44(41)56/h14-19,25-26,28,30,37-38,41H,5-13,20-24,27,47-49H2,1-4H3,(H,50,56)(H,51,55)(H,52,54)(H,58,59)/t30-,37-,38-,41-/m0/s1. The molecule has 10 N–H and O–H groups in total. The predicted molar refractivity (Wildman–Crippen MR) is 235 cm³/mol. The summed E-state index contributed by atoms with van der Waals surface area (Å²) in [6, 6.07) is 10.9. The molecule has 1 aliphatic heterocycles. The molecule has 0 saturated carbocycles. The highest BCUT2D eigenvalue weighted by atomic mass is 16.5. The van der Waals surface area contributed by atoms with Crippen LogP contribution in [0.15, 0.2) is 54.6 Å². The molecule has 4 bridgehead atoms. The molecule has 4 atom stereocenters. The van der Waals surface area contributed by atoms with Crippen LogP contribution in [-0.2, 0) is 32.0 Å². The third-order valence-electron chi connectivity index (χ3n) is 10.8. The molecule has 61 heavy (non-hydrogen) atoms. The Hall–Kier alpha value is -5.51. The number of likely N-dealkylation sites (N-methyl/N-ethyl adjacent to an activating group) is 1. The minimum atomic E-state index is -1.35. The molecule has 3 aromatic rings. The summed E-state index contributed by atoms with van der Waals surface area (Å²) in [5.41, 5.74) is 21.8. The number of fused-ring (bicyclic) bond motifs is 5. The maximum absolute atomic E-state index is 14.6. The number of unbranched alkanes of at least 4 members (excludes halogenated alkanes) is 5. The number of rotatable bonds is 21. The summed E-state index contributed by atoms with van der Waals surface area (Å²) in [5, 5.41) is 18.3. The van der Waals surface area contributed by atoms with Gasteiger partial charge in [0.05, 0.1) is 0 Å². The largest absolute Gasteiger partial charge is 0.492 e. The summed E-state index contributed by atoms with van der Waals surface area (Å²) < 4.78 is 12.1. The first-order valence-corrected chi connectivity index (χ1v) is 21.5. The Balaban J connectivity index is 1.76. The molecule has 332 valence electrons. The number of carboxylic acid groups (broad SMARTS) is 1. The second kappa shape index (κ2) is 24.1. The summed E-state index contributed by atoms with van der Waals surface area (Å²) in [6.07, 6.45) is 8.54. The fourth-order valence-electron chi connectivity index (χ4n) is 7.51. The van der Waals surface area contributed by atoms with E-state index in [1.807, 2.05) is 19.1 Å². The van der Waals surface area contributed by atoms with Gasteiger partial charge in [-0.3, -0.25) is 19.2 Å². The van der Waals surface area contributed by atoms with Crippen molar-refractivity contribution in [2.45, 2.75) is 109 Å². The van der Waals surface area contributed by atoms with Gasteiger partial charge in [0.25, 0.3) is 5.91 Å². The first kappa shape index (κ1) is 48.2. The van der Waals surface area contributed by atoms with E-state index < -0.39 is 53.8 Å². The van der Waals surface area contributed by atoms with Crippen LogP contribution in [0.2, 0.25) is 0 Å². The van der Waals surface area contributed by atoms with Crippen LogP contribution in [0.1, 0.15) is 104 Å². The van der Waals surface area contributed by atoms with Crippen molar-refractivity contribution in [3.8, 4) is 22.6 Å². The molecule has 0 aromatic heterocycles. The summed E-state index contributed by atoms with van der Waals surface area (Å²) in [7, 11) is 1.46. The number of hydrogen-bond donors (Lipinski definition) is 7. The molecule has 1 aliphatic rings. The smallest absolute Gasteiger partial charge is 0.326 e. The number of carboxylic acids is 1. The predicted octanol–water partition coefficient (Wildman–Crippen LogP) is 3.91. The molecule has 15 nitrogen and oxygen atoms in total. The Kier molecular flexibility index (Phi) is 19.0. The van der Waals surface area contributed by atoms with Gasteiger partial charge in [-0.05, 0) is 98.7 Å². The molecule has 15 heteroatoms. The van der Waals surface area contributed by atoms with Crippen LogP contribution in [0, 0.1) is 6.92 Å². The first-order valence-electron chi connectivity index (χ1n) is 21.5. The van der Waals surface area contributed by atoms with Crippen LogP contribution in [0.4, 0.5) is 0 Å². The average Bonchev–Trinajstić information content (AvgIpc) is 3.24. The Morgan fingerprint density at radius 1 is 0.836 bits per heavy atom. The van der Waals surface area contributed by atoms with Gasteiger partial charge < -0.3 is 52.6 Å². The highest BCUT2D eigenvalue weighted by Crippen LogP contribution is 2.40. The third-order valence-corrected chi connectivity index (χ3v) is 10.8. The van der Waals surface area contributed by atoms with E-state index in [1.165, 1.54) is 44.6 Å². The fourth-order valence-corrected chi connectivity index (χ4v) is 7.51. The highest BCUT2D eigenvalue weighted by molar-refractivity contribution is 6.00. The summed E-state index contributed by atoms with van der Waals surface area (Å²) in [4.78, 5) is 70.0. The average molecular weight is 844 g/mol. The number of benzene rings is 3. The van der Waals surface area contributed by atoms with Crippen LogP contribution in [-0.4, -0.2) is 97.6 Å². The zero-order valence-electron chi connectivity index (χ0n) is 36.1. The van der Waals surface area contributed by atoms with Crippen molar-refractivity contribution in [3.63, 3.8) is 0 Å². The van der Waals surface area contributed by atoms with Crippen LogP contribution >= 0.6 is 0 Å². The second-order valence-electron chi connectivity index (χ2n) is 15.7. The normalized spacial score (nSPS) is 17.0. The molecule has 4 rings (SSSR count). The van der Waals surface area contributed by atoms with Crippen molar-refractivity contribution in [1.29, 1.82) is 0 Å². The van der Waals surface area contributed by atoms with Crippen LogP contribution in [0.25, 0.3) is 11.1 Å². The van der Waals surface area contributed by atoms with Gasteiger partial charge in [-0.2, -0.15) is 0 Å². The topological polar surface area (TPSA) is 241 Å². The second-order valence-corrected chi connectivity index (χ2v) is 15.7. The van der Waals surface area contributed by atoms with E-state index in [-0.39, 0.29) is 45.7 Å². The number of hydrogen-bond acceptors (Lipinski definition) is 10. The van der Waals surface area contributed by atoms with E-state index in [0.29, 0.717) is 45.7 Å². The van der Waals surface area contributed by atoms with Crippen molar-refractivity contribution in [2.24, 2.45) is 17.2 Å². The molecule has 3 aromatic carbocycles. The highest BCUT2D eigenvalue weighted by Gasteiger charge is 2.36. The van der Waals surface area contributed by atoms with Crippen molar-refractivity contribution in [3.05, 3.63) is 82.4 Å². The zero-order chi connectivity index (χ0) is 44.5. The molecule has 0 spiro atoms. The van der Waals surface area contributed by atoms with Gasteiger partial charge in [-0.15, -0.1) is 0 Å². The Morgan fingerprint density at radius 3 is 2.13 bits per heavy atom. The van der Waals surface area contributed by atoms with Gasteiger partial charge in [-0.1, -0.05) is 63.3 Å². The number of amides is 4. The van der Waals surface area contributed by atoms with Crippen LogP contribution in [0.3, 0.4) is 0 Å². The molecular weight excluding hydrogens is 779 g/mol. The summed E-state index contributed by atoms with van der Waals surface area (Å²) >= 11 is 0. The minimum absolute atomic E-state index is 0.0801. The number of carbonyl (C=O) groups excluding carboxylic acids is 4. The van der Waals surface area contributed by atoms with E-state index >= 15 is 0 Å². The van der Waals surface area contributed by atoms with E-state index in [2.05, 4.69) is 22.9 Å².